The Morgan fingerprint density at radius 1 is 1.25 bits per heavy atom. The molecule has 2 rings (SSSR count). The Kier molecular flexibility index (Phi) is 4.04. The molecule has 0 aromatic heterocycles. The van der Waals surface area contributed by atoms with Crippen LogP contribution in [-0.2, 0) is 0 Å². The molecule has 0 saturated heterocycles. The molecule has 0 atom stereocenters. The monoisotopic (exact) mass is 340 g/mol. The number of nitrogen functional groups attached to an aromatic ring is 1. The van der Waals surface area contributed by atoms with Crippen LogP contribution in [0.5, 0.6) is 0 Å². The maximum Gasteiger partial charge on any atom is 0.257 e. The van der Waals surface area contributed by atoms with Crippen molar-refractivity contribution in [2.24, 2.45) is 0 Å². The molecular weight excluding hydrogens is 330 g/mol. The van der Waals surface area contributed by atoms with E-state index in [1.165, 1.54) is 0 Å². The zero-order valence-corrected chi connectivity index (χ0v) is 12.1. The van der Waals surface area contributed by atoms with Crippen molar-refractivity contribution in [2.75, 3.05) is 11.1 Å². The van der Waals surface area contributed by atoms with Gasteiger partial charge in [0.05, 0.1) is 11.3 Å². The first-order valence-corrected chi connectivity index (χ1v) is 6.50. The largest absolute Gasteiger partial charge is 0.398 e. The van der Waals surface area contributed by atoms with Gasteiger partial charge in [-0.15, -0.1) is 0 Å². The van der Waals surface area contributed by atoms with Crippen LogP contribution in [0.25, 0.3) is 0 Å². The first-order chi connectivity index (χ1) is 9.38. The van der Waals surface area contributed by atoms with Gasteiger partial charge < -0.3 is 11.1 Å². The third kappa shape index (κ3) is 2.96. The Labute approximate surface area is 122 Å². The summed E-state index contributed by atoms with van der Waals surface area (Å²) in [6, 6.07) is 6.68. The molecule has 0 fully saturated rings. The van der Waals surface area contributed by atoms with Crippen molar-refractivity contribution in [3.8, 4) is 0 Å². The van der Waals surface area contributed by atoms with Gasteiger partial charge in [-0.25, -0.2) is 8.78 Å². The fourth-order valence-electron chi connectivity index (χ4n) is 1.73. The fraction of sp³-hybridized carbons (Fsp3) is 0.0714. The lowest BCUT2D eigenvalue weighted by Crippen LogP contribution is -2.15. The minimum atomic E-state index is -0.865. The Bertz CT molecular complexity index is 666. The SMILES string of the molecule is Cc1ccc(C(=O)Nc2c(F)cc(F)cc2Br)c(N)c1. The van der Waals surface area contributed by atoms with Gasteiger partial charge in [0, 0.05) is 16.2 Å². The van der Waals surface area contributed by atoms with E-state index >= 15 is 0 Å². The van der Waals surface area contributed by atoms with Crippen molar-refractivity contribution in [3.63, 3.8) is 0 Å². The van der Waals surface area contributed by atoms with Crippen LogP contribution in [0, 0.1) is 18.6 Å². The number of rotatable bonds is 2. The Balaban J connectivity index is 2.33. The second kappa shape index (κ2) is 5.58. The standard InChI is InChI=1S/C14H11BrF2N2O/c1-7-2-3-9(12(18)4-7)14(20)19-13-10(15)5-8(16)6-11(13)17/h2-6H,18H2,1H3,(H,19,20). The average Bonchev–Trinajstić information content (AvgIpc) is 2.33. The number of hydrogen-bond acceptors (Lipinski definition) is 2. The highest BCUT2D eigenvalue weighted by atomic mass is 79.9. The number of amides is 1. The summed E-state index contributed by atoms with van der Waals surface area (Å²) in [5.41, 5.74) is 7.05. The minimum absolute atomic E-state index is 0.119. The summed E-state index contributed by atoms with van der Waals surface area (Å²) in [5, 5.41) is 2.37. The van der Waals surface area contributed by atoms with E-state index in [4.69, 9.17) is 5.73 Å². The highest BCUT2D eigenvalue weighted by molar-refractivity contribution is 9.10. The summed E-state index contributed by atoms with van der Waals surface area (Å²) in [6.07, 6.45) is 0. The number of aryl methyl sites for hydroxylation is 1. The van der Waals surface area contributed by atoms with Crippen LogP contribution in [0.4, 0.5) is 20.2 Å². The molecule has 0 heterocycles. The van der Waals surface area contributed by atoms with Crippen LogP contribution in [0.1, 0.15) is 15.9 Å². The van der Waals surface area contributed by atoms with Crippen LogP contribution in [0.15, 0.2) is 34.8 Å². The average molecular weight is 341 g/mol. The van der Waals surface area contributed by atoms with Crippen molar-refractivity contribution in [1.82, 2.24) is 0 Å². The van der Waals surface area contributed by atoms with Crippen molar-refractivity contribution in [1.29, 1.82) is 0 Å². The second-order valence-electron chi connectivity index (χ2n) is 4.29. The Morgan fingerprint density at radius 3 is 2.55 bits per heavy atom. The second-order valence-corrected chi connectivity index (χ2v) is 5.14. The number of hydrogen-bond donors (Lipinski definition) is 2. The number of nitrogens with two attached hydrogens (primary N) is 1. The summed E-state index contributed by atoms with van der Waals surface area (Å²) in [5.74, 6) is -2.16. The van der Waals surface area contributed by atoms with Crippen molar-refractivity contribution < 1.29 is 13.6 Å². The number of carbonyl (C=O) groups excluding carboxylic acids is 1. The van der Waals surface area contributed by atoms with Gasteiger partial charge in [-0.3, -0.25) is 4.79 Å². The van der Waals surface area contributed by atoms with E-state index in [-0.39, 0.29) is 15.7 Å². The smallest absolute Gasteiger partial charge is 0.257 e. The van der Waals surface area contributed by atoms with Crippen LogP contribution in [0.3, 0.4) is 0 Å². The highest BCUT2D eigenvalue weighted by Gasteiger charge is 2.15. The summed E-state index contributed by atoms with van der Waals surface area (Å²) < 4.78 is 26.7. The van der Waals surface area contributed by atoms with Crippen LogP contribution >= 0.6 is 15.9 Å². The molecule has 0 unspecified atom stereocenters. The minimum Gasteiger partial charge on any atom is -0.398 e. The van der Waals surface area contributed by atoms with Crippen molar-refractivity contribution in [2.45, 2.75) is 6.92 Å². The fourth-order valence-corrected chi connectivity index (χ4v) is 2.24. The van der Waals surface area contributed by atoms with E-state index in [9.17, 15) is 13.6 Å². The lowest BCUT2D eigenvalue weighted by molar-refractivity contribution is 0.102. The lowest BCUT2D eigenvalue weighted by atomic mass is 10.1. The van der Waals surface area contributed by atoms with Gasteiger partial charge in [-0.1, -0.05) is 6.07 Å². The summed E-state index contributed by atoms with van der Waals surface area (Å²) in [6.45, 7) is 1.84. The van der Waals surface area contributed by atoms with Crippen LogP contribution in [-0.4, -0.2) is 5.91 Å². The zero-order valence-electron chi connectivity index (χ0n) is 10.5. The number of halogens is 3. The third-order valence-electron chi connectivity index (χ3n) is 2.70. The quantitative estimate of drug-likeness (QED) is 0.815. The predicted octanol–water partition coefficient (Wildman–Crippen LogP) is 3.87. The first-order valence-electron chi connectivity index (χ1n) is 5.70. The normalized spacial score (nSPS) is 10.4. The van der Waals surface area contributed by atoms with E-state index in [2.05, 4.69) is 21.2 Å². The van der Waals surface area contributed by atoms with Gasteiger partial charge in [-0.05, 0) is 46.6 Å². The molecule has 0 aliphatic carbocycles. The number of carbonyl (C=O) groups is 1. The molecule has 3 nitrogen and oxygen atoms in total. The predicted molar refractivity (Wildman–Crippen MR) is 77.6 cm³/mol. The molecule has 3 N–H and O–H groups in total. The molecule has 0 spiro atoms. The molecule has 0 radical (unpaired) electrons. The first kappa shape index (κ1) is 14.5. The van der Waals surface area contributed by atoms with Gasteiger partial charge in [-0.2, -0.15) is 0 Å². The number of anilines is 2. The van der Waals surface area contributed by atoms with E-state index in [1.54, 1.807) is 18.2 Å². The summed E-state index contributed by atoms with van der Waals surface area (Å²) >= 11 is 3.00. The molecule has 0 bridgehead atoms. The van der Waals surface area contributed by atoms with Gasteiger partial charge >= 0.3 is 0 Å². The molecule has 0 saturated carbocycles. The summed E-state index contributed by atoms with van der Waals surface area (Å²) in [7, 11) is 0. The molecule has 2 aromatic carbocycles. The molecular formula is C14H11BrF2N2O. The van der Waals surface area contributed by atoms with Gasteiger partial charge in [0.25, 0.3) is 5.91 Å². The maximum absolute atomic E-state index is 13.6. The molecule has 20 heavy (non-hydrogen) atoms. The molecule has 6 heteroatoms. The molecule has 2 aromatic rings. The van der Waals surface area contributed by atoms with E-state index in [0.29, 0.717) is 11.8 Å². The zero-order chi connectivity index (χ0) is 14.9. The van der Waals surface area contributed by atoms with Crippen LogP contribution < -0.4 is 11.1 Å². The molecule has 1 amide bonds. The molecule has 104 valence electrons. The van der Waals surface area contributed by atoms with Crippen molar-refractivity contribution in [3.05, 3.63) is 57.6 Å². The topological polar surface area (TPSA) is 55.1 Å². The van der Waals surface area contributed by atoms with E-state index in [1.807, 2.05) is 6.92 Å². The molecule has 0 aliphatic heterocycles. The van der Waals surface area contributed by atoms with E-state index < -0.39 is 17.5 Å². The lowest BCUT2D eigenvalue weighted by Gasteiger charge is -2.10. The Morgan fingerprint density at radius 2 is 1.95 bits per heavy atom. The van der Waals surface area contributed by atoms with Gasteiger partial charge in [0.1, 0.15) is 5.82 Å². The number of benzene rings is 2. The third-order valence-corrected chi connectivity index (χ3v) is 3.32. The van der Waals surface area contributed by atoms with Gasteiger partial charge in [0.15, 0.2) is 5.82 Å². The highest BCUT2D eigenvalue weighted by Crippen LogP contribution is 2.28. The van der Waals surface area contributed by atoms with E-state index in [0.717, 1.165) is 11.6 Å². The maximum atomic E-state index is 13.6. The number of nitrogens with one attached hydrogen (secondary N) is 1. The summed E-state index contributed by atoms with van der Waals surface area (Å²) in [4.78, 5) is 12.1. The van der Waals surface area contributed by atoms with Crippen molar-refractivity contribution >= 4 is 33.2 Å². The Hall–Kier alpha value is -1.95. The van der Waals surface area contributed by atoms with Crippen LogP contribution in [0.2, 0.25) is 0 Å². The molecule has 0 aliphatic rings. The van der Waals surface area contributed by atoms with Gasteiger partial charge in [0.2, 0.25) is 0 Å².